The first kappa shape index (κ1) is 19.5. The SMILES string of the molecule is CO[C@@](C)(CC(C)C)C(=O)Nc1cc(C)c(OC(C)C)c(C)c1. The summed E-state index contributed by atoms with van der Waals surface area (Å²) in [5.74, 6) is 1.13. The van der Waals surface area contributed by atoms with Crippen LogP contribution in [0.2, 0.25) is 0 Å². The van der Waals surface area contributed by atoms with Gasteiger partial charge < -0.3 is 14.8 Å². The Morgan fingerprint density at radius 1 is 1.17 bits per heavy atom. The van der Waals surface area contributed by atoms with Gasteiger partial charge >= 0.3 is 0 Å². The lowest BCUT2D eigenvalue weighted by Crippen LogP contribution is -2.43. The van der Waals surface area contributed by atoms with Gasteiger partial charge in [0.2, 0.25) is 0 Å². The molecule has 23 heavy (non-hydrogen) atoms. The van der Waals surface area contributed by atoms with Crippen LogP contribution < -0.4 is 10.1 Å². The molecule has 0 aliphatic rings. The number of carbonyl (C=O) groups excluding carboxylic acids is 1. The normalized spacial score (nSPS) is 14.0. The van der Waals surface area contributed by atoms with E-state index < -0.39 is 5.60 Å². The van der Waals surface area contributed by atoms with Crippen LogP contribution in [0.5, 0.6) is 5.75 Å². The summed E-state index contributed by atoms with van der Waals surface area (Å²) in [4.78, 5) is 12.6. The number of hydrogen-bond acceptors (Lipinski definition) is 3. The van der Waals surface area contributed by atoms with Gasteiger partial charge in [0, 0.05) is 12.8 Å². The van der Waals surface area contributed by atoms with Crippen molar-refractivity contribution in [1.29, 1.82) is 0 Å². The van der Waals surface area contributed by atoms with Gasteiger partial charge in [-0.2, -0.15) is 0 Å². The summed E-state index contributed by atoms with van der Waals surface area (Å²) in [7, 11) is 1.58. The Morgan fingerprint density at radius 2 is 1.70 bits per heavy atom. The third-order valence-corrected chi connectivity index (χ3v) is 3.80. The number of carbonyl (C=O) groups is 1. The van der Waals surface area contributed by atoms with Gasteiger partial charge in [-0.25, -0.2) is 0 Å². The van der Waals surface area contributed by atoms with Gasteiger partial charge in [0.1, 0.15) is 11.4 Å². The van der Waals surface area contributed by atoms with Gasteiger partial charge in [-0.1, -0.05) is 13.8 Å². The van der Waals surface area contributed by atoms with Crippen LogP contribution in [0.4, 0.5) is 5.69 Å². The number of hydrogen-bond donors (Lipinski definition) is 1. The Balaban J connectivity index is 2.99. The minimum atomic E-state index is -0.830. The maximum Gasteiger partial charge on any atom is 0.256 e. The monoisotopic (exact) mass is 321 g/mol. The van der Waals surface area contributed by atoms with Gasteiger partial charge in [-0.15, -0.1) is 0 Å². The van der Waals surface area contributed by atoms with Crippen molar-refractivity contribution in [3.63, 3.8) is 0 Å². The van der Waals surface area contributed by atoms with Crippen molar-refractivity contribution in [2.24, 2.45) is 5.92 Å². The fourth-order valence-electron chi connectivity index (χ4n) is 2.76. The van der Waals surface area contributed by atoms with Crippen molar-refractivity contribution in [1.82, 2.24) is 0 Å². The zero-order valence-electron chi connectivity index (χ0n) is 15.7. The van der Waals surface area contributed by atoms with E-state index in [4.69, 9.17) is 9.47 Å². The Kier molecular flexibility index (Phi) is 6.63. The molecule has 1 aromatic carbocycles. The zero-order valence-corrected chi connectivity index (χ0v) is 15.7. The molecule has 1 rings (SSSR count). The van der Waals surface area contributed by atoms with Crippen molar-refractivity contribution >= 4 is 11.6 Å². The van der Waals surface area contributed by atoms with Crippen LogP contribution in [-0.4, -0.2) is 24.7 Å². The maximum atomic E-state index is 12.6. The second kappa shape index (κ2) is 7.82. The molecule has 1 amide bonds. The highest BCUT2D eigenvalue weighted by atomic mass is 16.5. The van der Waals surface area contributed by atoms with Crippen LogP contribution in [-0.2, 0) is 9.53 Å². The van der Waals surface area contributed by atoms with E-state index in [-0.39, 0.29) is 12.0 Å². The van der Waals surface area contributed by atoms with E-state index in [0.29, 0.717) is 12.3 Å². The van der Waals surface area contributed by atoms with Crippen molar-refractivity contribution < 1.29 is 14.3 Å². The number of amides is 1. The van der Waals surface area contributed by atoms with Crippen molar-refractivity contribution in [2.75, 3.05) is 12.4 Å². The lowest BCUT2D eigenvalue weighted by atomic mass is 9.93. The van der Waals surface area contributed by atoms with Crippen LogP contribution in [0, 0.1) is 19.8 Å². The number of methoxy groups -OCH3 is 1. The molecule has 0 saturated heterocycles. The highest BCUT2D eigenvalue weighted by molar-refractivity contribution is 5.97. The molecule has 1 aromatic rings. The number of benzene rings is 1. The maximum absolute atomic E-state index is 12.6. The molecule has 4 heteroatoms. The Labute approximate surface area is 140 Å². The second-order valence-corrected chi connectivity index (χ2v) is 7.09. The molecule has 0 fully saturated rings. The Bertz CT molecular complexity index is 529. The standard InChI is InChI=1S/C19H31NO3/c1-12(2)11-19(7,22-8)18(21)20-16-9-14(5)17(15(6)10-16)23-13(3)4/h9-10,12-13H,11H2,1-8H3,(H,20,21)/t19-/m0/s1. The van der Waals surface area contributed by atoms with Crippen molar-refractivity contribution in [3.05, 3.63) is 23.3 Å². The van der Waals surface area contributed by atoms with Crippen molar-refractivity contribution in [2.45, 2.75) is 66.6 Å². The molecule has 4 nitrogen and oxygen atoms in total. The summed E-state index contributed by atoms with van der Waals surface area (Å²) in [6.45, 7) is 14.0. The molecule has 1 atom stereocenters. The lowest BCUT2D eigenvalue weighted by molar-refractivity contribution is -0.137. The fraction of sp³-hybridized carbons (Fsp3) is 0.632. The molecule has 1 N–H and O–H groups in total. The van der Waals surface area contributed by atoms with Crippen LogP contribution in [0.25, 0.3) is 0 Å². The Hall–Kier alpha value is -1.55. The quantitative estimate of drug-likeness (QED) is 0.805. The fourth-order valence-corrected chi connectivity index (χ4v) is 2.76. The van der Waals surface area contributed by atoms with Crippen molar-refractivity contribution in [3.8, 4) is 5.75 Å². The molecule has 0 radical (unpaired) electrons. The lowest BCUT2D eigenvalue weighted by Gasteiger charge is -2.28. The average molecular weight is 321 g/mol. The molecular formula is C19H31NO3. The summed E-state index contributed by atoms with van der Waals surface area (Å²) in [6.07, 6.45) is 0.789. The van der Waals surface area contributed by atoms with E-state index in [2.05, 4.69) is 19.2 Å². The highest BCUT2D eigenvalue weighted by Crippen LogP contribution is 2.29. The van der Waals surface area contributed by atoms with E-state index >= 15 is 0 Å². The van der Waals surface area contributed by atoms with E-state index in [1.165, 1.54) is 0 Å². The van der Waals surface area contributed by atoms with Crippen LogP contribution in [0.3, 0.4) is 0 Å². The first-order valence-electron chi connectivity index (χ1n) is 8.23. The number of aryl methyl sites for hydroxylation is 2. The smallest absolute Gasteiger partial charge is 0.256 e. The molecule has 130 valence electrons. The minimum absolute atomic E-state index is 0.120. The first-order chi connectivity index (χ1) is 10.6. The number of rotatable bonds is 7. The van der Waals surface area contributed by atoms with Gasteiger partial charge in [0.15, 0.2) is 0 Å². The zero-order chi connectivity index (χ0) is 17.8. The van der Waals surface area contributed by atoms with E-state index in [0.717, 1.165) is 22.6 Å². The molecule has 0 heterocycles. The molecule has 0 aliphatic carbocycles. The van der Waals surface area contributed by atoms with E-state index in [9.17, 15) is 4.79 Å². The summed E-state index contributed by atoms with van der Waals surface area (Å²) in [5, 5.41) is 2.98. The van der Waals surface area contributed by atoms with Gasteiger partial charge in [-0.05, 0) is 70.2 Å². The summed E-state index contributed by atoms with van der Waals surface area (Å²) in [5.41, 5.74) is 1.96. The molecule has 0 bridgehead atoms. The summed E-state index contributed by atoms with van der Waals surface area (Å²) >= 11 is 0. The van der Waals surface area contributed by atoms with E-state index in [1.807, 2.05) is 46.8 Å². The average Bonchev–Trinajstić information content (AvgIpc) is 2.41. The van der Waals surface area contributed by atoms with Crippen LogP contribution in [0.1, 0.15) is 52.2 Å². The summed E-state index contributed by atoms with van der Waals surface area (Å²) in [6, 6.07) is 3.88. The summed E-state index contributed by atoms with van der Waals surface area (Å²) < 4.78 is 11.3. The van der Waals surface area contributed by atoms with Crippen LogP contribution in [0.15, 0.2) is 12.1 Å². The molecule has 0 unspecified atom stereocenters. The largest absolute Gasteiger partial charge is 0.490 e. The van der Waals surface area contributed by atoms with Crippen LogP contribution >= 0.6 is 0 Å². The molecule has 0 aliphatic heterocycles. The number of nitrogens with one attached hydrogen (secondary N) is 1. The van der Waals surface area contributed by atoms with Gasteiger partial charge in [-0.3, -0.25) is 4.79 Å². The molecular weight excluding hydrogens is 290 g/mol. The highest BCUT2D eigenvalue weighted by Gasteiger charge is 2.34. The Morgan fingerprint density at radius 3 is 2.09 bits per heavy atom. The third kappa shape index (κ3) is 5.24. The number of anilines is 1. The predicted octanol–water partition coefficient (Wildman–Crippen LogP) is 4.48. The molecule has 0 spiro atoms. The topological polar surface area (TPSA) is 47.6 Å². The third-order valence-electron chi connectivity index (χ3n) is 3.80. The first-order valence-corrected chi connectivity index (χ1v) is 8.23. The number of ether oxygens (including phenoxy) is 2. The second-order valence-electron chi connectivity index (χ2n) is 7.09. The molecule has 0 aromatic heterocycles. The van der Waals surface area contributed by atoms with Gasteiger partial charge in [0.25, 0.3) is 5.91 Å². The van der Waals surface area contributed by atoms with E-state index in [1.54, 1.807) is 7.11 Å². The van der Waals surface area contributed by atoms with Gasteiger partial charge in [0.05, 0.1) is 6.10 Å². The molecule has 0 saturated carbocycles. The minimum Gasteiger partial charge on any atom is -0.490 e. The predicted molar refractivity (Wildman–Crippen MR) is 95.2 cm³/mol.